The maximum atomic E-state index is 14.1. The number of aromatic hydroxyl groups is 7. The highest BCUT2D eigenvalue weighted by Gasteiger charge is 2.45. The lowest BCUT2D eigenvalue weighted by atomic mass is 9.84. The predicted octanol–water partition coefficient (Wildman–Crippen LogP) is 5.00. The fraction of sp³-hybridized carbons (Fsp3) is 0.317. The molecule has 0 spiro atoms. The molecule has 5 unspecified atom stereocenters. The minimum absolute atomic E-state index is 0.0379. The van der Waals surface area contributed by atoms with Crippen LogP contribution in [0.3, 0.4) is 0 Å². The summed E-state index contributed by atoms with van der Waals surface area (Å²) >= 11 is 0. The van der Waals surface area contributed by atoms with Gasteiger partial charge in [-0.2, -0.15) is 0 Å². The van der Waals surface area contributed by atoms with Gasteiger partial charge >= 0.3 is 17.9 Å². The molecule has 0 amide bonds. The fourth-order valence-corrected chi connectivity index (χ4v) is 6.45. The highest BCUT2D eigenvalue weighted by molar-refractivity contribution is 5.83. The minimum Gasteiger partial charge on any atom is -0.504 e. The molecule has 0 aliphatic carbocycles. The number of carbonyl (C=O) groups is 4. The van der Waals surface area contributed by atoms with Crippen molar-refractivity contribution in [2.24, 2.45) is 5.92 Å². The monoisotopic (exact) mass is 792 g/mol. The van der Waals surface area contributed by atoms with Gasteiger partial charge in [0.25, 0.3) is 6.47 Å². The second-order valence-corrected chi connectivity index (χ2v) is 13.5. The van der Waals surface area contributed by atoms with E-state index in [1.807, 2.05) is 6.92 Å². The van der Waals surface area contributed by atoms with E-state index in [1.165, 1.54) is 54.6 Å². The van der Waals surface area contributed by atoms with E-state index >= 15 is 0 Å². The molecule has 8 N–H and O–H groups in total. The number of phenols is 7. The Balaban J connectivity index is 0.00000232. The number of rotatable bonds is 14. The molecule has 16 heteroatoms. The molecule has 4 aromatic rings. The van der Waals surface area contributed by atoms with Gasteiger partial charge in [-0.15, -0.1) is 0 Å². The number of esters is 3. The maximum Gasteiger partial charge on any atom is 0.347 e. The molecule has 0 fully saturated rings. The van der Waals surface area contributed by atoms with Crippen LogP contribution in [0.4, 0.5) is 0 Å². The molecule has 1 aliphatic rings. The van der Waals surface area contributed by atoms with Gasteiger partial charge in [0.05, 0.1) is 7.11 Å². The van der Waals surface area contributed by atoms with Crippen molar-refractivity contribution in [2.45, 2.75) is 70.2 Å². The molecule has 0 aromatic heterocycles. The van der Waals surface area contributed by atoms with Crippen LogP contribution in [-0.4, -0.2) is 84.6 Å². The molecule has 304 valence electrons. The molecule has 5 rings (SSSR count). The van der Waals surface area contributed by atoms with Crippen LogP contribution in [0, 0.1) is 5.92 Å². The van der Waals surface area contributed by atoms with Crippen molar-refractivity contribution >= 4 is 24.4 Å². The normalized spacial score (nSPS) is 15.7. The summed E-state index contributed by atoms with van der Waals surface area (Å²) in [5, 5.41) is 77.0. The third kappa shape index (κ3) is 10.9. The van der Waals surface area contributed by atoms with Crippen molar-refractivity contribution in [3.8, 4) is 46.0 Å². The third-order valence-corrected chi connectivity index (χ3v) is 9.19. The molecule has 4 aromatic carbocycles. The van der Waals surface area contributed by atoms with E-state index < -0.39 is 53.6 Å². The molecule has 1 heterocycles. The average Bonchev–Trinajstić information content (AvgIpc) is 3.58. The van der Waals surface area contributed by atoms with E-state index in [1.54, 1.807) is 19.1 Å². The van der Waals surface area contributed by atoms with Gasteiger partial charge in [-0.05, 0) is 90.4 Å². The molecule has 0 bridgehead atoms. The second-order valence-electron chi connectivity index (χ2n) is 13.5. The zero-order chi connectivity index (χ0) is 42.0. The summed E-state index contributed by atoms with van der Waals surface area (Å²) in [4.78, 5) is 47.8. The molecule has 1 aliphatic heterocycles. The molecule has 57 heavy (non-hydrogen) atoms. The Labute approximate surface area is 326 Å². The summed E-state index contributed by atoms with van der Waals surface area (Å²) in [6, 6.07) is 15.3. The number of phenolic OH excluding ortho intramolecular Hbond substituents is 7. The first-order chi connectivity index (χ1) is 27.1. The number of benzene rings is 4. The molecule has 0 radical (unpaired) electrons. The van der Waals surface area contributed by atoms with E-state index in [0.29, 0.717) is 40.7 Å². The maximum absolute atomic E-state index is 14.1. The smallest absolute Gasteiger partial charge is 0.347 e. The first-order valence-electron chi connectivity index (χ1n) is 17.7. The number of methoxy groups -OCH3 is 1. The average molecular weight is 793 g/mol. The zero-order valence-electron chi connectivity index (χ0n) is 31.2. The summed E-state index contributed by atoms with van der Waals surface area (Å²) in [5.74, 6) is -5.90. The summed E-state index contributed by atoms with van der Waals surface area (Å²) in [5.41, 5.74) is 2.31. The summed E-state index contributed by atoms with van der Waals surface area (Å²) in [6.45, 7) is 3.28. The van der Waals surface area contributed by atoms with Gasteiger partial charge < -0.3 is 59.8 Å². The zero-order valence-corrected chi connectivity index (χ0v) is 31.2. The molecule has 5 atom stereocenters. The number of ether oxygens (including phenoxy) is 4. The van der Waals surface area contributed by atoms with Crippen molar-refractivity contribution in [1.29, 1.82) is 0 Å². The summed E-state index contributed by atoms with van der Waals surface area (Å²) in [6.07, 6.45) is -2.48. The number of fused-ring (bicyclic) bond motifs is 1. The van der Waals surface area contributed by atoms with Gasteiger partial charge in [-0.25, -0.2) is 4.79 Å². The van der Waals surface area contributed by atoms with Crippen LogP contribution in [0.2, 0.25) is 0 Å². The highest BCUT2D eigenvalue weighted by atomic mass is 16.6. The third-order valence-electron chi connectivity index (χ3n) is 9.19. The topological polar surface area (TPSA) is 267 Å². The Morgan fingerprint density at radius 2 is 1.26 bits per heavy atom. The highest BCUT2D eigenvalue weighted by Crippen LogP contribution is 2.53. The van der Waals surface area contributed by atoms with Crippen molar-refractivity contribution in [1.82, 2.24) is 0 Å². The first-order valence-corrected chi connectivity index (χ1v) is 17.7. The van der Waals surface area contributed by atoms with Gasteiger partial charge in [0.1, 0.15) is 18.1 Å². The molecule has 0 saturated heterocycles. The number of hydrogen-bond acceptors (Lipinski definition) is 15. The lowest BCUT2D eigenvalue weighted by Crippen LogP contribution is -2.30. The standard InChI is InChI=1S/C40H42O14.CH2O2/c1-20(4-13-34(48)53-33(39(49)51-3)18-23-6-10-27(42)31(46)17-23)14-24-7-12-29(44)38-35(24)36(37(54-38)25-8-11-28(43)32(47)19-25)40(50)52-21(2)15-22-5-9-26(41)30(45)16-22;2-1-3/h5-12,16-17,19-21,33,36-37,41-47H,4,13-15,18H2,1-3H3;1H,(H,2,3). The largest absolute Gasteiger partial charge is 0.504 e. The van der Waals surface area contributed by atoms with Crippen molar-refractivity contribution in [3.63, 3.8) is 0 Å². The Hall–Kier alpha value is -6.84. The van der Waals surface area contributed by atoms with E-state index in [4.69, 9.17) is 28.8 Å². The fourth-order valence-electron chi connectivity index (χ4n) is 6.45. The second kappa shape index (κ2) is 19.2. The first kappa shape index (κ1) is 42.9. The van der Waals surface area contributed by atoms with Gasteiger partial charge in [0, 0.05) is 24.8 Å². The summed E-state index contributed by atoms with van der Waals surface area (Å²) < 4.78 is 22.3. The number of carboxylic acid groups (broad SMARTS) is 1. The summed E-state index contributed by atoms with van der Waals surface area (Å²) in [7, 11) is 1.15. The van der Waals surface area contributed by atoms with E-state index in [0.717, 1.165) is 7.11 Å². The lowest BCUT2D eigenvalue weighted by molar-refractivity contribution is -0.166. The van der Waals surface area contributed by atoms with Crippen LogP contribution in [0.1, 0.15) is 66.5 Å². The number of carbonyl (C=O) groups excluding carboxylic acids is 3. The predicted molar refractivity (Wildman–Crippen MR) is 199 cm³/mol. The van der Waals surface area contributed by atoms with Crippen LogP contribution in [0.25, 0.3) is 0 Å². The minimum atomic E-state index is -1.30. The van der Waals surface area contributed by atoms with E-state index in [2.05, 4.69) is 0 Å². The lowest BCUT2D eigenvalue weighted by Gasteiger charge is -2.23. The molecule has 0 saturated carbocycles. The molecular weight excluding hydrogens is 748 g/mol. The van der Waals surface area contributed by atoms with Crippen molar-refractivity contribution in [2.75, 3.05) is 7.11 Å². The van der Waals surface area contributed by atoms with Gasteiger partial charge in [-0.1, -0.05) is 31.2 Å². The Bertz CT molecular complexity index is 2080. The van der Waals surface area contributed by atoms with Crippen LogP contribution < -0.4 is 4.74 Å². The van der Waals surface area contributed by atoms with Gasteiger partial charge in [0.15, 0.2) is 46.0 Å². The van der Waals surface area contributed by atoms with Crippen LogP contribution in [0.5, 0.6) is 46.0 Å². The SMILES string of the molecule is COC(=O)C(Cc1ccc(O)c(O)c1)OC(=O)CCC(C)Cc1ccc(O)c2c1C(C(=O)OC(C)Cc1ccc(O)c(O)c1)C(c1ccc(O)c(O)c1)O2.O=CO. The van der Waals surface area contributed by atoms with Gasteiger partial charge in [-0.3, -0.25) is 14.4 Å². The van der Waals surface area contributed by atoms with Crippen molar-refractivity contribution in [3.05, 3.63) is 94.5 Å². The van der Waals surface area contributed by atoms with E-state index in [9.17, 15) is 50.1 Å². The molecule has 16 nitrogen and oxygen atoms in total. The Kier molecular flexibility index (Phi) is 14.4. The Morgan fingerprint density at radius 3 is 1.82 bits per heavy atom. The Morgan fingerprint density at radius 1 is 0.719 bits per heavy atom. The van der Waals surface area contributed by atoms with Crippen molar-refractivity contribution < 1.29 is 79.0 Å². The van der Waals surface area contributed by atoms with Gasteiger partial charge in [0.2, 0.25) is 6.10 Å². The molecular formula is C41H44O16. The quantitative estimate of drug-likeness (QED) is 0.0361. The number of hydrogen-bond donors (Lipinski definition) is 8. The van der Waals surface area contributed by atoms with E-state index in [-0.39, 0.29) is 66.1 Å². The van der Waals surface area contributed by atoms with Crippen LogP contribution in [-0.2, 0) is 52.7 Å². The van der Waals surface area contributed by atoms with Crippen LogP contribution in [0.15, 0.2) is 66.7 Å². The van der Waals surface area contributed by atoms with Crippen LogP contribution >= 0.6 is 0 Å².